The van der Waals surface area contributed by atoms with E-state index in [2.05, 4.69) is 5.32 Å². The molecule has 0 aliphatic carbocycles. The van der Waals surface area contributed by atoms with Crippen molar-refractivity contribution in [3.63, 3.8) is 0 Å². The van der Waals surface area contributed by atoms with Gasteiger partial charge in [-0.3, -0.25) is 9.59 Å². The summed E-state index contributed by atoms with van der Waals surface area (Å²) >= 11 is 5.96. The molecule has 2 amide bonds. The predicted octanol–water partition coefficient (Wildman–Crippen LogP) is 3.23. The first-order valence-corrected chi connectivity index (χ1v) is 8.83. The summed E-state index contributed by atoms with van der Waals surface area (Å²) in [5.41, 5.74) is 1.40. The fourth-order valence-corrected chi connectivity index (χ4v) is 2.80. The third kappa shape index (κ3) is 6.48. The van der Waals surface area contributed by atoms with E-state index in [0.717, 1.165) is 5.56 Å². The Labute approximate surface area is 158 Å². The molecule has 6 heteroatoms. The lowest BCUT2D eigenvalue weighted by atomic mass is 10.1. The molecule has 4 nitrogen and oxygen atoms in total. The first-order valence-electron chi connectivity index (χ1n) is 8.46. The first kappa shape index (κ1) is 19.9. The minimum atomic E-state index is -0.394. The van der Waals surface area contributed by atoms with Gasteiger partial charge in [0.05, 0.1) is 6.42 Å². The smallest absolute Gasteiger partial charge is 0.224 e. The number of carbonyl (C=O) groups is 2. The lowest BCUT2D eigenvalue weighted by Crippen LogP contribution is -2.39. The third-order valence-corrected chi connectivity index (χ3v) is 4.25. The minimum Gasteiger partial charge on any atom is -0.354 e. The van der Waals surface area contributed by atoms with Gasteiger partial charge in [0.25, 0.3) is 0 Å². The third-order valence-electron chi connectivity index (χ3n) is 4.02. The Balaban J connectivity index is 1.78. The Bertz CT molecular complexity index is 767. The number of benzene rings is 2. The van der Waals surface area contributed by atoms with Crippen molar-refractivity contribution in [2.24, 2.45) is 0 Å². The molecule has 26 heavy (non-hydrogen) atoms. The molecule has 2 rings (SSSR count). The van der Waals surface area contributed by atoms with Crippen LogP contribution in [0.2, 0.25) is 5.02 Å². The molecule has 138 valence electrons. The van der Waals surface area contributed by atoms with Crippen molar-refractivity contribution in [1.82, 2.24) is 10.2 Å². The zero-order valence-corrected chi connectivity index (χ0v) is 15.4. The van der Waals surface area contributed by atoms with Gasteiger partial charge >= 0.3 is 0 Å². The fraction of sp³-hybridized carbons (Fsp3) is 0.300. The van der Waals surface area contributed by atoms with Crippen molar-refractivity contribution >= 4 is 23.4 Å². The first-order chi connectivity index (χ1) is 12.5. The van der Waals surface area contributed by atoms with Gasteiger partial charge in [-0.15, -0.1) is 0 Å². The number of rotatable bonds is 8. The van der Waals surface area contributed by atoms with Crippen LogP contribution in [0, 0.1) is 5.82 Å². The van der Waals surface area contributed by atoms with Crippen LogP contribution in [0.1, 0.15) is 18.1 Å². The normalized spacial score (nSPS) is 10.4. The van der Waals surface area contributed by atoms with Gasteiger partial charge in [0, 0.05) is 31.6 Å². The highest BCUT2D eigenvalue weighted by Gasteiger charge is 2.11. The lowest BCUT2D eigenvalue weighted by molar-refractivity contribution is -0.129. The van der Waals surface area contributed by atoms with E-state index < -0.39 is 5.82 Å². The van der Waals surface area contributed by atoms with Crippen molar-refractivity contribution < 1.29 is 14.0 Å². The maximum absolute atomic E-state index is 13.6. The summed E-state index contributed by atoms with van der Waals surface area (Å²) in [7, 11) is 0. The van der Waals surface area contributed by atoms with Crippen molar-refractivity contribution in [1.29, 1.82) is 0 Å². The van der Waals surface area contributed by atoms with E-state index in [-0.39, 0.29) is 18.2 Å². The van der Waals surface area contributed by atoms with Gasteiger partial charge in [-0.25, -0.2) is 4.39 Å². The Morgan fingerprint density at radius 3 is 2.58 bits per heavy atom. The molecule has 0 spiro atoms. The van der Waals surface area contributed by atoms with Crippen LogP contribution < -0.4 is 5.32 Å². The second-order valence-electron chi connectivity index (χ2n) is 6.00. The van der Waals surface area contributed by atoms with E-state index in [9.17, 15) is 14.0 Å². The molecular formula is C20H22ClFN2O2. The van der Waals surface area contributed by atoms with Crippen LogP contribution in [0.3, 0.4) is 0 Å². The summed E-state index contributed by atoms with van der Waals surface area (Å²) in [5, 5.41) is 3.39. The molecule has 0 aliphatic heterocycles. The van der Waals surface area contributed by atoms with Crippen LogP contribution in [-0.4, -0.2) is 36.3 Å². The van der Waals surface area contributed by atoms with Gasteiger partial charge in [-0.1, -0.05) is 41.9 Å². The summed E-state index contributed by atoms with van der Waals surface area (Å²) in [5.74, 6) is -0.724. The second kappa shape index (κ2) is 9.92. The molecule has 2 aromatic carbocycles. The molecule has 0 aliphatic rings. The number of hydrogen-bond donors (Lipinski definition) is 1. The van der Waals surface area contributed by atoms with Gasteiger partial charge in [-0.2, -0.15) is 0 Å². The Morgan fingerprint density at radius 2 is 1.88 bits per heavy atom. The molecule has 0 radical (unpaired) electrons. The number of halogens is 2. The van der Waals surface area contributed by atoms with Crippen LogP contribution in [-0.2, 0) is 22.4 Å². The average Bonchev–Trinajstić information content (AvgIpc) is 2.59. The monoisotopic (exact) mass is 376 g/mol. The predicted molar refractivity (Wildman–Crippen MR) is 101 cm³/mol. The summed E-state index contributed by atoms with van der Waals surface area (Å²) in [6.45, 7) is 2.76. The molecule has 1 N–H and O–H groups in total. The quantitative estimate of drug-likeness (QED) is 0.769. The SMILES string of the molecule is CC(=O)N(CCNC(=O)Cc1ccccc1F)CCc1cccc(Cl)c1. The molecule has 0 fully saturated rings. The molecule has 0 saturated heterocycles. The number of hydrogen-bond acceptors (Lipinski definition) is 2. The molecule has 0 heterocycles. The zero-order chi connectivity index (χ0) is 18.9. The highest BCUT2D eigenvalue weighted by atomic mass is 35.5. The second-order valence-corrected chi connectivity index (χ2v) is 6.44. The number of nitrogens with zero attached hydrogens (tertiary/aromatic N) is 1. The van der Waals surface area contributed by atoms with Crippen LogP contribution >= 0.6 is 11.6 Å². The Kier molecular flexibility index (Phi) is 7.60. The molecule has 0 bridgehead atoms. The maximum atomic E-state index is 13.6. The van der Waals surface area contributed by atoms with Crippen LogP contribution in [0.15, 0.2) is 48.5 Å². The van der Waals surface area contributed by atoms with Gasteiger partial charge in [-0.05, 0) is 35.7 Å². The molecule has 0 unspecified atom stereocenters. The standard InChI is InChI=1S/C20H22ClFN2O2/c1-15(25)24(11-9-16-5-4-7-18(21)13-16)12-10-23-20(26)14-17-6-2-3-8-19(17)22/h2-8,13H,9-12,14H2,1H3,(H,23,26). The molecule has 0 atom stereocenters. The van der Waals surface area contributed by atoms with E-state index in [0.29, 0.717) is 36.6 Å². The average molecular weight is 377 g/mol. The number of nitrogens with one attached hydrogen (secondary N) is 1. The van der Waals surface area contributed by atoms with E-state index in [4.69, 9.17) is 11.6 Å². The van der Waals surface area contributed by atoms with Crippen molar-refractivity contribution in [3.8, 4) is 0 Å². The van der Waals surface area contributed by atoms with Gasteiger partial charge < -0.3 is 10.2 Å². The summed E-state index contributed by atoms with van der Waals surface area (Å²) in [6.07, 6.45) is 0.665. The van der Waals surface area contributed by atoms with Crippen LogP contribution in [0.4, 0.5) is 4.39 Å². The van der Waals surface area contributed by atoms with Crippen molar-refractivity contribution in [2.75, 3.05) is 19.6 Å². The largest absolute Gasteiger partial charge is 0.354 e. The van der Waals surface area contributed by atoms with Crippen LogP contribution in [0.25, 0.3) is 0 Å². The van der Waals surface area contributed by atoms with Gasteiger partial charge in [0.2, 0.25) is 11.8 Å². The van der Waals surface area contributed by atoms with E-state index in [1.165, 1.54) is 13.0 Å². The van der Waals surface area contributed by atoms with E-state index in [1.807, 2.05) is 18.2 Å². The highest BCUT2D eigenvalue weighted by Crippen LogP contribution is 2.11. The molecule has 2 aromatic rings. The van der Waals surface area contributed by atoms with E-state index >= 15 is 0 Å². The molecular weight excluding hydrogens is 355 g/mol. The molecule has 0 saturated carbocycles. The summed E-state index contributed by atoms with van der Waals surface area (Å²) < 4.78 is 13.6. The maximum Gasteiger partial charge on any atom is 0.224 e. The van der Waals surface area contributed by atoms with Crippen molar-refractivity contribution in [3.05, 3.63) is 70.5 Å². The van der Waals surface area contributed by atoms with Crippen molar-refractivity contribution in [2.45, 2.75) is 19.8 Å². The summed E-state index contributed by atoms with van der Waals surface area (Å²) in [4.78, 5) is 25.4. The Hall–Kier alpha value is -2.40. The zero-order valence-electron chi connectivity index (χ0n) is 14.7. The lowest BCUT2D eigenvalue weighted by Gasteiger charge is -2.21. The fourth-order valence-electron chi connectivity index (χ4n) is 2.59. The highest BCUT2D eigenvalue weighted by molar-refractivity contribution is 6.30. The number of carbonyl (C=O) groups excluding carboxylic acids is 2. The number of amides is 2. The van der Waals surface area contributed by atoms with Gasteiger partial charge in [0.15, 0.2) is 0 Å². The topological polar surface area (TPSA) is 49.4 Å². The Morgan fingerprint density at radius 1 is 1.12 bits per heavy atom. The summed E-state index contributed by atoms with van der Waals surface area (Å²) in [6, 6.07) is 13.7. The minimum absolute atomic E-state index is 0.0186. The van der Waals surface area contributed by atoms with E-state index in [1.54, 1.807) is 29.2 Å². The van der Waals surface area contributed by atoms with Crippen LogP contribution in [0.5, 0.6) is 0 Å². The molecule has 0 aromatic heterocycles. The van der Waals surface area contributed by atoms with Gasteiger partial charge in [0.1, 0.15) is 5.82 Å².